The summed E-state index contributed by atoms with van der Waals surface area (Å²) in [5, 5.41) is 20.9. The molecule has 0 heterocycles. The van der Waals surface area contributed by atoms with Crippen LogP contribution in [-0.4, -0.2) is 22.7 Å². The molecular formula is C42H57NO3. The van der Waals surface area contributed by atoms with E-state index in [9.17, 15) is 15.0 Å². The van der Waals surface area contributed by atoms with Crippen molar-refractivity contribution in [3.8, 4) is 5.75 Å². The first-order valence-electron chi connectivity index (χ1n) is 18.6. The van der Waals surface area contributed by atoms with Crippen LogP contribution in [0.2, 0.25) is 0 Å². The Hall–Kier alpha value is -2.85. The van der Waals surface area contributed by atoms with Gasteiger partial charge in [-0.25, -0.2) is 0 Å². The fourth-order valence-corrected chi connectivity index (χ4v) is 10.1. The number of unbranched alkanes of at least 4 members (excludes halogenated alkanes) is 3. The molecule has 0 unspecified atom stereocenters. The van der Waals surface area contributed by atoms with Gasteiger partial charge < -0.3 is 15.9 Å². The second kappa shape index (κ2) is 14.9. The molecule has 5 aliphatic carbocycles. The van der Waals surface area contributed by atoms with Crippen LogP contribution in [0.1, 0.15) is 132 Å². The zero-order chi connectivity index (χ0) is 32.0. The van der Waals surface area contributed by atoms with Crippen molar-refractivity contribution in [2.45, 2.75) is 133 Å². The molecule has 46 heavy (non-hydrogen) atoms. The van der Waals surface area contributed by atoms with Gasteiger partial charge in [-0.1, -0.05) is 105 Å². The van der Waals surface area contributed by atoms with Crippen LogP contribution >= 0.6 is 0 Å². The number of fused-ring (bicyclic) bond motifs is 4. The first-order chi connectivity index (χ1) is 22.4. The van der Waals surface area contributed by atoms with Gasteiger partial charge in [0.15, 0.2) is 0 Å². The number of nitrogens with two attached hydrogens (primary N) is 1. The minimum absolute atomic E-state index is 0.00280. The van der Waals surface area contributed by atoms with Crippen molar-refractivity contribution in [3.63, 3.8) is 0 Å². The molecule has 1 spiro atoms. The SMILES string of the molecule is NCCC1=C[C@H](CCCCCC[C@H]2CC3=CC[C@@H](C(=O)O)C4(CCCCC4)c4cccc(c4)C[C@]2(c2ccc(O)cc2)CC3)CC1. The minimum Gasteiger partial charge on any atom is -0.508 e. The van der Waals surface area contributed by atoms with Gasteiger partial charge in [-0.05, 0) is 124 Å². The molecule has 4 nitrogen and oxygen atoms in total. The van der Waals surface area contributed by atoms with E-state index in [1.807, 2.05) is 12.1 Å². The molecule has 2 aromatic rings. The second-order valence-electron chi connectivity index (χ2n) is 15.3. The van der Waals surface area contributed by atoms with E-state index in [0.717, 1.165) is 70.3 Å². The van der Waals surface area contributed by atoms with Crippen molar-refractivity contribution in [3.05, 3.63) is 88.5 Å². The van der Waals surface area contributed by atoms with Gasteiger partial charge in [-0.3, -0.25) is 4.79 Å². The summed E-state index contributed by atoms with van der Waals surface area (Å²) in [7, 11) is 0. The van der Waals surface area contributed by atoms with Crippen LogP contribution in [0.3, 0.4) is 0 Å². The Labute approximate surface area is 277 Å². The van der Waals surface area contributed by atoms with Crippen LogP contribution in [0.4, 0.5) is 0 Å². The van der Waals surface area contributed by atoms with Gasteiger partial charge in [-0.15, -0.1) is 0 Å². The van der Waals surface area contributed by atoms with Crippen molar-refractivity contribution in [2.75, 3.05) is 6.54 Å². The second-order valence-corrected chi connectivity index (χ2v) is 15.3. The highest BCUT2D eigenvalue weighted by Gasteiger charge is 2.47. The highest BCUT2D eigenvalue weighted by Crippen LogP contribution is 2.53. The Morgan fingerprint density at radius 1 is 0.870 bits per heavy atom. The first-order valence-corrected chi connectivity index (χ1v) is 18.6. The number of hydrogen-bond acceptors (Lipinski definition) is 3. The lowest BCUT2D eigenvalue weighted by atomic mass is 9.56. The lowest BCUT2D eigenvalue weighted by molar-refractivity contribution is -0.145. The van der Waals surface area contributed by atoms with E-state index in [-0.39, 0.29) is 16.7 Å². The highest BCUT2D eigenvalue weighted by atomic mass is 16.4. The van der Waals surface area contributed by atoms with Gasteiger partial charge in [-0.2, -0.15) is 0 Å². The molecule has 2 aromatic carbocycles. The number of aliphatic carboxylic acids is 1. The van der Waals surface area contributed by atoms with Crippen molar-refractivity contribution in [1.29, 1.82) is 0 Å². The van der Waals surface area contributed by atoms with Gasteiger partial charge in [0.2, 0.25) is 0 Å². The normalized spacial score (nSPS) is 27.5. The van der Waals surface area contributed by atoms with Gasteiger partial charge in [0.1, 0.15) is 5.75 Å². The van der Waals surface area contributed by atoms with Gasteiger partial charge in [0.25, 0.3) is 0 Å². The van der Waals surface area contributed by atoms with E-state index < -0.39 is 5.97 Å². The average Bonchev–Trinajstić information content (AvgIpc) is 3.51. The number of phenols is 1. The first kappa shape index (κ1) is 33.1. The zero-order valence-corrected chi connectivity index (χ0v) is 28.0. The van der Waals surface area contributed by atoms with Crippen molar-refractivity contribution in [2.24, 2.45) is 23.5 Å². The molecule has 2 fully saturated rings. The van der Waals surface area contributed by atoms with Gasteiger partial charge >= 0.3 is 5.97 Å². The molecule has 4 heteroatoms. The van der Waals surface area contributed by atoms with Crippen LogP contribution in [-0.2, 0) is 22.0 Å². The third-order valence-corrected chi connectivity index (χ3v) is 12.6. The van der Waals surface area contributed by atoms with Crippen LogP contribution in [0.25, 0.3) is 0 Å². The highest BCUT2D eigenvalue weighted by molar-refractivity contribution is 5.73. The number of benzene rings is 2. The topological polar surface area (TPSA) is 83.6 Å². The molecule has 4 bridgehead atoms. The lowest BCUT2D eigenvalue weighted by Crippen LogP contribution is -2.43. The Morgan fingerprint density at radius 3 is 2.41 bits per heavy atom. The molecule has 2 saturated carbocycles. The molecule has 4 atom stereocenters. The number of carboxylic acid groups (broad SMARTS) is 1. The van der Waals surface area contributed by atoms with E-state index in [1.54, 1.807) is 5.57 Å². The van der Waals surface area contributed by atoms with Crippen LogP contribution in [0, 0.1) is 17.8 Å². The monoisotopic (exact) mass is 623 g/mol. The number of hydrogen-bond donors (Lipinski definition) is 3. The fraction of sp³-hybridized carbons (Fsp3) is 0.595. The van der Waals surface area contributed by atoms with E-state index in [1.165, 1.54) is 80.1 Å². The number of carboxylic acids is 1. The maximum Gasteiger partial charge on any atom is 0.307 e. The van der Waals surface area contributed by atoms with Crippen LogP contribution < -0.4 is 5.73 Å². The zero-order valence-electron chi connectivity index (χ0n) is 28.0. The Kier molecular flexibility index (Phi) is 10.7. The van der Waals surface area contributed by atoms with E-state index in [4.69, 9.17) is 5.73 Å². The Morgan fingerprint density at radius 2 is 1.65 bits per heavy atom. The number of aromatic hydroxyl groups is 1. The van der Waals surface area contributed by atoms with Gasteiger partial charge in [0.05, 0.1) is 5.92 Å². The standard InChI is InChI=1S/C42H57NO3/c43-26-22-33-14-13-31(27-33)9-4-1-2-5-11-37-28-32-15-20-39(40(45)46)41(23-6-3-7-24-41)36-12-8-10-34(29-36)30-42(37,25-21-32)35-16-18-38(44)19-17-35/h8,10,12,15-19,27,29,31,37,39,44H,1-7,9,11,13-14,20-26,28,30,43H2,(H,45,46)/t31-,37+,39+,42+/m1/s1. The summed E-state index contributed by atoms with van der Waals surface area (Å²) in [5.41, 5.74) is 12.5. The number of phenolic OH excluding ortho intramolecular Hbond substituents is 1. The maximum atomic E-state index is 13.0. The largest absolute Gasteiger partial charge is 0.508 e. The molecule has 4 N–H and O–H groups in total. The summed E-state index contributed by atoms with van der Waals surface area (Å²) in [4.78, 5) is 13.0. The molecule has 0 saturated heterocycles. The third-order valence-electron chi connectivity index (χ3n) is 12.6. The number of allylic oxidation sites excluding steroid dienone is 3. The molecule has 7 rings (SSSR count). The van der Waals surface area contributed by atoms with Crippen LogP contribution in [0.5, 0.6) is 5.75 Å². The number of carbonyl (C=O) groups is 1. The Balaban J connectivity index is 1.25. The third kappa shape index (κ3) is 7.18. The van der Waals surface area contributed by atoms with Crippen molar-refractivity contribution < 1.29 is 15.0 Å². The molecule has 0 radical (unpaired) electrons. The molecule has 0 aromatic heterocycles. The predicted molar refractivity (Wildman–Crippen MR) is 188 cm³/mol. The minimum atomic E-state index is -0.629. The smallest absolute Gasteiger partial charge is 0.307 e. The Bertz CT molecular complexity index is 1380. The quantitative estimate of drug-likeness (QED) is 0.172. The molecule has 0 aliphatic heterocycles. The van der Waals surface area contributed by atoms with E-state index in [0.29, 0.717) is 18.1 Å². The van der Waals surface area contributed by atoms with Crippen LogP contribution in [0.15, 0.2) is 71.8 Å². The van der Waals surface area contributed by atoms with Gasteiger partial charge in [0, 0.05) is 10.8 Å². The van der Waals surface area contributed by atoms with Crippen molar-refractivity contribution in [1.82, 2.24) is 0 Å². The summed E-state index contributed by atoms with van der Waals surface area (Å²) in [6, 6.07) is 17.3. The van der Waals surface area contributed by atoms with Crippen molar-refractivity contribution >= 4 is 5.97 Å². The molecule has 0 amide bonds. The summed E-state index contributed by atoms with van der Waals surface area (Å²) >= 11 is 0. The number of rotatable bonds is 11. The van der Waals surface area contributed by atoms with E-state index in [2.05, 4.69) is 48.6 Å². The fourth-order valence-electron chi connectivity index (χ4n) is 10.1. The predicted octanol–water partition coefficient (Wildman–Crippen LogP) is 9.93. The molecule has 5 aliphatic rings. The summed E-state index contributed by atoms with van der Waals surface area (Å²) < 4.78 is 0. The summed E-state index contributed by atoms with van der Waals surface area (Å²) in [5.74, 6) is 0.568. The summed E-state index contributed by atoms with van der Waals surface area (Å²) in [6.07, 6.45) is 26.2. The lowest BCUT2D eigenvalue weighted by Gasteiger charge is -2.48. The molecule has 248 valence electrons. The summed E-state index contributed by atoms with van der Waals surface area (Å²) in [6.45, 7) is 0.772. The maximum absolute atomic E-state index is 13.0. The average molecular weight is 624 g/mol. The molecular weight excluding hydrogens is 566 g/mol. The van der Waals surface area contributed by atoms with E-state index >= 15 is 0 Å².